The summed E-state index contributed by atoms with van der Waals surface area (Å²) in [6.45, 7) is 7.13. The average molecular weight is 484 g/mol. The first kappa shape index (κ1) is 23.9. The Morgan fingerprint density at radius 3 is 2.58 bits per heavy atom. The number of hydrogen-bond acceptors (Lipinski definition) is 4. The molecule has 0 bridgehead atoms. The van der Waals surface area contributed by atoms with Gasteiger partial charge >= 0.3 is 0 Å². The molecule has 2 aromatic carbocycles. The maximum Gasteiger partial charge on any atom is 0.228 e. The van der Waals surface area contributed by atoms with Gasteiger partial charge in [-0.15, -0.1) is 0 Å². The van der Waals surface area contributed by atoms with Crippen LogP contribution in [0.4, 0.5) is 10.2 Å². The normalized spacial score (nSPS) is 14.3. The average Bonchev–Trinajstić information content (AvgIpc) is 3.28. The number of halogens is 1. The van der Waals surface area contributed by atoms with Crippen LogP contribution in [0.3, 0.4) is 0 Å². The molecule has 1 atom stereocenters. The molecular formula is C29H30FN5O. The van der Waals surface area contributed by atoms with Crippen molar-refractivity contribution >= 4 is 11.7 Å². The number of anilines is 1. The van der Waals surface area contributed by atoms with Crippen molar-refractivity contribution in [3.8, 4) is 22.4 Å². The van der Waals surface area contributed by atoms with Crippen molar-refractivity contribution in [1.29, 1.82) is 0 Å². The van der Waals surface area contributed by atoms with Gasteiger partial charge < -0.3 is 5.32 Å². The van der Waals surface area contributed by atoms with Gasteiger partial charge in [-0.05, 0) is 53.9 Å². The van der Waals surface area contributed by atoms with Crippen LogP contribution in [0.5, 0.6) is 0 Å². The predicted molar refractivity (Wildman–Crippen MR) is 139 cm³/mol. The van der Waals surface area contributed by atoms with Crippen molar-refractivity contribution < 1.29 is 9.18 Å². The fraction of sp³-hybridized carbons (Fsp3) is 0.276. The molecule has 4 aromatic rings. The third kappa shape index (κ3) is 5.06. The number of amides is 1. The van der Waals surface area contributed by atoms with E-state index in [0.29, 0.717) is 5.82 Å². The highest BCUT2D eigenvalue weighted by Crippen LogP contribution is 2.37. The Hall–Kier alpha value is -3.84. The van der Waals surface area contributed by atoms with E-state index in [4.69, 9.17) is 5.10 Å². The van der Waals surface area contributed by atoms with Crippen LogP contribution < -0.4 is 5.32 Å². The van der Waals surface area contributed by atoms with Crippen LogP contribution in [0, 0.1) is 11.7 Å². The summed E-state index contributed by atoms with van der Waals surface area (Å²) in [4.78, 5) is 19.3. The highest BCUT2D eigenvalue weighted by atomic mass is 19.1. The molecule has 1 aliphatic heterocycles. The van der Waals surface area contributed by atoms with Gasteiger partial charge in [-0.1, -0.05) is 44.2 Å². The minimum absolute atomic E-state index is 0.0491. The number of pyridine rings is 1. The minimum atomic E-state index is -0.280. The maximum absolute atomic E-state index is 13.7. The van der Waals surface area contributed by atoms with Crippen molar-refractivity contribution in [3.05, 3.63) is 90.0 Å². The van der Waals surface area contributed by atoms with Gasteiger partial charge in [0, 0.05) is 42.9 Å². The number of nitrogens with zero attached hydrogens (tertiary/aromatic N) is 4. The second kappa shape index (κ2) is 10.4. The van der Waals surface area contributed by atoms with Crippen LogP contribution in [0.15, 0.2) is 72.9 Å². The van der Waals surface area contributed by atoms with Gasteiger partial charge in [-0.25, -0.2) is 9.37 Å². The van der Waals surface area contributed by atoms with Crippen LogP contribution in [0.1, 0.15) is 31.5 Å². The Labute approximate surface area is 210 Å². The molecule has 36 heavy (non-hydrogen) atoms. The molecule has 1 aliphatic rings. The Balaban J connectivity index is 1.54. The highest BCUT2D eigenvalue weighted by Gasteiger charge is 2.26. The molecule has 6 nitrogen and oxygen atoms in total. The largest absolute Gasteiger partial charge is 0.310 e. The van der Waals surface area contributed by atoms with Gasteiger partial charge in [0.25, 0.3) is 0 Å². The number of rotatable bonds is 7. The Kier molecular flexibility index (Phi) is 6.91. The molecule has 2 aromatic heterocycles. The molecule has 0 fully saturated rings. The smallest absolute Gasteiger partial charge is 0.228 e. The zero-order chi connectivity index (χ0) is 25.1. The molecule has 1 amide bonds. The number of carbonyl (C=O) groups is 1. The molecule has 0 aliphatic carbocycles. The van der Waals surface area contributed by atoms with Crippen LogP contribution in [-0.4, -0.2) is 32.1 Å². The number of aromatic nitrogens is 3. The lowest BCUT2D eigenvalue weighted by molar-refractivity contribution is -0.119. The van der Waals surface area contributed by atoms with Crippen molar-refractivity contribution in [2.24, 2.45) is 5.92 Å². The van der Waals surface area contributed by atoms with Crippen molar-refractivity contribution in [2.45, 2.75) is 39.9 Å². The molecule has 0 spiro atoms. The molecule has 1 unspecified atom stereocenters. The monoisotopic (exact) mass is 483 g/mol. The van der Waals surface area contributed by atoms with Gasteiger partial charge in [0.15, 0.2) is 0 Å². The van der Waals surface area contributed by atoms with Gasteiger partial charge in [0.05, 0.1) is 12.2 Å². The van der Waals surface area contributed by atoms with E-state index in [1.54, 1.807) is 18.3 Å². The maximum atomic E-state index is 13.7. The molecule has 0 saturated carbocycles. The lowest BCUT2D eigenvalue weighted by Gasteiger charge is -2.28. The van der Waals surface area contributed by atoms with E-state index in [1.807, 2.05) is 32.0 Å². The zero-order valence-corrected chi connectivity index (χ0v) is 20.6. The summed E-state index contributed by atoms with van der Waals surface area (Å²) >= 11 is 0. The lowest BCUT2D eigenvalue weighted by Crippen LogP contribution is -2.33. The molecule has 1 N–H and O–H groups in total. The van der Waals surface area contributed by atoms with Crippen LogP contribution in [0.25, 0.3) is 22.4 Å². The van der Waals surface area contributed by atoms with Crippen LogP contribution >= 0.6 is 0 Å². The molecular weight excluding hydrogens is 453 g/mol. The molecule has 5 rings (SSSR count). The number of nitrogens with one attached hydrogen (secondary N) is 1. The first-order valence-corrected chi connectivity index (χ1v) is 12.4. The number of carbonyl (C=O) groups excluding carboxylic acids is 1. The fourth-order valence-corrected chi connectivity index (χ4v) is 4.55. The Bertz CT molecular complexity index is 1350. The van der Waals surface area contributed by atoms with E-state index in [-0.39, 0.29) is 17.6 Å². The Morgan fingerprint density at radius 1 is 1.06 bits per heavy atom. The quantitative estimate of drug-likeness (QED) is 0.364. The summed E-state index contributed by atoms with van der Waals surface area (Å²) in [5, 5.41) is 7.91. The van der Waals surface area contributed by atoms with Gasteiger partial charge in [0.2, 0.25) is 5.91 Å². The molecule has 0 radical (unpaired) electrons. The summed E-state index contributed by atoms with van der Waals surface area (Å²) in [5.74, 6) is 0.0877. The second-order valence-corrected chi connectivity index (χ2v) is 9.32. The number of fused-ring (bicyclic) bond motifs is 1. The fourth-order valence-electron chi connectivity index (χ4n) is 4.55. The summed E-state index contributed by atoms with van der Waals surface area (Å²) < 4.78 is 15.8. The van der Waals surface area contributed by atoms with Crippen LogP contribution in [-0.2, 0) is 24.4 Å². The van der Waals surface area contributed by atoms with E-state index in [2.05, 4.69) is 44.1 Å². The molecule has 3 heterocycles. The van der Waals surface area contributed by atoms with E-state index >= 15 is 0 Å². The van der Waals surface area contributed by atoms with Crippen molar-refractivity contribution in [2.75, 3.05) is 11.9 Å². The lowest BCUT2D eigenvalue weighted by atomic mass is 9.98. The third-order valence-corrected chi connectivity index (χ3v) is 6.79. The summed E-state index contributed by atoms with van der Waals surface area (Å²) in [7, 11) is 0. The second-order valence-electron chi connectivity index (χ2n) is 9.32. The topological polar surface area (TPSA) is 63.1 Å². The van der Waals surface area contributed by atoms with Crippen molar-refractivity contribution in [1.82, 2.24) is 19.7 Å². The highest BCUT2D eigenvalue weighted by molar-refractivity contribution is 5.92. The first-order valence-electron chi connectivity index (χ1n) is 12.4. The summed E-state index contributed by atoms with van der Waals surface area (Å²) in [5.41, 5.74) is 5.93. The SMILES string of the molecule is CCC(C)C(=O)Nc1cc(-c2c(-c3ccc(F)cc3)nn3c2CN(Cc2ccccc2)CC3)ccn1. The van der Waals surface area contributed by atoms with E-state index < -0.39 is 0 Å². The molecule has 0 saturated heterocycles. The minimum Gasteiger partial charge on any atom is -0.310 e. The van der Waals surface area contributed by atoms with Gasteiger partial charge in [-0.3, -0.25) is 14.4 Å². The summed E-state index contributed by atoms with van der Waals surface area (Å²) in [6, 6.07) is 20.7. The van der Waals surface area contributed by atoms with E-state index in [1.165, 1.54) is 17.7 Å². The van der Waals surface area contributed by atoms with Gasteiger partial charge in [0.1, 0.15) is 17.3 Å². The number of hydrogen-bond donors (Lipinski definition) is 1. The predicted octanol–water partition coefficient (Wildman–Crippen LogP) is 5.75. The molecule has 184 valence electrons. The molecule has 7 heteroatoms. The zero-order valence-electron chi connectivity index (χ0n) is 20.6. The number of benzene rings is 2. The third-order valence-electron chi connectivity index (χ3n) is 6.79. The van der Waals surface area contributed by atoms with Crippen molar-refractivity contribution in [3.63, 3.8) is 0 Å². The van der Waals surface area contributed by atoms with E-state index in [9.17, 15) is 9.18 Å². The van der Waals surface area contributed by atoms with E-state index in [0.717, 1.165) is 60.7 Å². The summed E-state index contributed by atoms with van der Waals surface area (Å²) in [6.07, 6.45) is 2.47. The Morgan fingerprint density at radius 2 is 1.83 bits per heavy atom. The van der Waals surface area contributed by atoms with Crippen LogP contribution in [0.2, 0.25) is 0 Å². The van der Waals surface area contributed by atoms with Gasteiger partial charge in [-0.2, -0.15) is 5.10 Å². The standard InChI is InChI=1S/C29H30FN5O/c1-3-20(2)29(36)32-26-17-23(13-14-31-26)27-25-19-34(18-21-7-5-4-6-8-21)15-16-35(25)33-28(27)22-9-11-24(30)12-10-22/h4-14,17,20H,3,15-16,18-19H2,1-2H3,(H,31,32,36). The first-order chi connectivity index (χ1) is 17.5.